The minimum atomic E-state index is -0.274. The number of fused-ring (bicyclic) bond motifs is 2. The highest BCUT2D eigenvalue weighted by Crippen LogP contribution is 2.33. The number of anilines is 1. The molecule has 1 aliphatic rings. The maximum Gasteiger partial charge on any atom is 0.157 e. The van der Waals surface area contributed by atoms with E-state index in [2.05, 4.69) is 45.0 Å². The van der Waals surface area contributed by atoms with E-state index in [1.54, 1.807) is 30.7 Å². The van der Waals surface area contributed by atoms with Crippen LogP contribution in [0.5, 0.6) is 0 Å². The maximum atomic E-state index is 13.5. The van der Waals surface area contributed by atoms with Crippen LogP contribution in [-0.2, 0) is 0 Å². The van der Waals surface area contributed by atoms with Crippen LogP contribution in [0.3, 0.4) is 0 Å². The predicted molar refractivity (Wildman–Crippen MR) is 133 cm³/mol. The molecule has 4 heterocycles. The summed E-state index contributed by atoms with van der Waals surface area (Å²) in [4.78, 5) is 24.0. The van der Waals surface area contributed by atoms with Crippen molar-refractivity contribution in [2.75, 3.05) is 18.6 Å². The number of halogens is 1. The summed E-state index contributed by atoms with van der Waals surface area (Å²) in [6.07, 6.45) is 7.21. The molecule has 0 atom stereocenters. The summed E-state index contributed by atoms with van der Waals surface area (Å²) < 4.78 is 13.5. The smallest absolute Gasteiger partial charge is 0.157 e. The predicted octanol–water partition coefficient (Wildman–Crippen LogP) is 5.38. The van der Waals surface area contributed by atoms with Crippen LogP contribution in [0.2, 0.25) is 0 Å². The fraction of sp³-hybridized carbons (Fsp3) is 0.111. The second kappa shape index (κ2) is 7.88. The number of nitrogens with zero attached hydrogens (tertiary/aromatic N) is 5. The summed E-state index contributed by atoms with van der Waals surface area (Å²) in [6, 6.07) is 14.8. The Labute approximate surface area is 195 Å². The van der Waals surface area contributed by atoms with E-state index in [4.69, 9.17) is 9.98 Å². The first-order valence-corrected chi connectivity index (χ1v) is 11.0. The van der Waals surface area contributed by atoms with Crippen molar-refractivity contribution in [3.63, 3.8) is 0 Å². The van der Waals surface area contributed by atoms with Gasteiger partial charge in [-0.05, 0) is 53.9 Å². The lowest BCUT2D eigenvalue weighted by Gasteiger charge is -2.26. The summed E-state index contributed by atoms with van der Waals surface area (Å²) in [5, 5.41) is 0. The Kier molecular flexibility index (Phi) is 4.69. The zero-order valence-electron chi connectivity index (χ0n) is 18.7. The molecule has 5 aromatic rings. The van der Waals surface area contributed by atoms with Crippen molar-refractivity contribution >= 4 is 22.4 Å². The molecular weight excluding hydrogens is 427 g/mol. The van der Waals surface area contributed by atoms with Crippen molar-refractivity contribution in [3.05, 3.63) is 96.1 Å². The summed E-state index contributed by atoms with van der Waals surface area (Å²) >= 11 is 0. The SMILES string of the molecule is Cc1ccncc1-c1ccc2c(c1)C(c1nc3c(-c4ccc(F)cc4)cncc3[nH]1)=NCN2C. The molecule has 0 fully saturated rings. The van der Waals surface area contributed by atoms with Gasteiger partial charge >= 0.3 is 0 Å². The number of rotatable bonds is 3. The number of pyridine rings is 2. The Balaban J connectivity index is 1.49. The quantitative estimate of drug-likeness (QED) is 0.402. The van der Waals surface area contributed by atoms with Crippen LogP contribution >= 0.6 is 0 Å². The monoisotopic (exact) mass is 448 g/mol. The molecule has 1 N–H and O–H groups in total. The molecular formula is C27H21FN6. The molecule has 34 heavy (non-hydrogen) atoms. The first-order valence-electron chi connectivity index (χ1n) is 11.0. The van der Waals surface area contributed by atoms with Crippen LogP contribution in [-0.4, -0.2) is 39.4 Å². The molecule has 0 unspecified atom stereocenters. The average molecular weight is 449 g/mol. The van der Waals surface area contributed by atoms with E-state index in [1.165, 1.54) is 12.1 Å². The fourth-order valence-corrected chi connectivity index (χ4v) is 4.42. The lowest BCUT2D eigenvalue weighted by Crippen LogP contribution is -2.26. The number of H-pyrrole nitrogens is 1. The van der Waals surface area contributed by atoms with Crippen LogP contribution in [0, 0.1) is 12.7 Å². The van der Waals surface area contributed by atoms with Gasteiger partial charge in [-0.15, -0.1) is 0 Å². The number of aromatic amines is 1. The lowest BCUT2D eigenvalue weighted by atomic mass is 9.96. The van der Waals surface area contributed by atoms with Crippen LogP contribution in [0.25, 0.3) is 33.3 Å². The van der Waals surface area contributed by atoms with Gasteiger partial charge in [0.25, 0.3) is 0 Å². The van der Waals surface area contributed by atoms with Crippen molar-refractivity contribution < 1.29 is 4.39 Å². The summed E-state index contributed by atoms with van der Waals surface area (Å²) in [6.45, 7) is 2.62. The van der Waals surface area contributed by atoms with E-state index < -0.39 is 0 Å². The van der Waals surface area contributed by atoms with Crippen molar-refractivity contribution in [2.45, 2.75) is 6.92 Å². The molecule has 2 aromatic carbocycles. The minimum Gasteiger partial charge on any atom is -0.355 e. The Morgan fingerprint density at radius 2 is 1.68 bits per heavy atom. The van der Waals surface area contributed by atoms with Crippen LogP contribution in [0.4, 0.5) is 10.1 Å². The third kappa shape index (κ3) is 3.33. The van der Waals surface area contributed by atoms with Crippen molar-refractivity contribution in [1.82, 2.24) is 19.9 Å². The van der Waals surface area contributed by atoms with E-state index >= 15 is 0 Å². The number of hydrogen-bond acceptors (Lipinski definition) is 5. The topological polar surface area (TPSA) is 70.1 Å². The third-order valence-corrected chi connectivity index (χ3v) is 6.23. The van der Waals surface area contributed by atoms with Gasteiger partial charge in [-0.1, -0.05) is 18.2 Å². The zero-order chi connectivity index (χ0) is 23.2. The zero-order valence-corrected chi connectivity index (χ0v) is 18.7. The van der Waals surface area contributed by atoms with Gasteiger partial charge < -0.3 is 9.88 Å². The van der Waals surface area contributed by atoms with Gasteiger partial charge in [-0.2, -0.15) is 0 Å². The lowest BCUT2D eigenvalue weighted by molar-refractivity contribution is 0.628. The van der Waals surface area contributed by atoms with Gasteiger partial charge in [0.05, 0.1) is 17.2 Å². The Morgan fingerprint density at radius 3 is 2.50 bits per heavy atom. The van der Waals surface area contributed by atoms with E-state index in [-0.39, 0.29) is 5.82 Å². The largest absolute Gasteiger partial charge is 0.355 e. The highest BCUT2D eigenvalue weighted by atomic mass is 19.1. The second-order valence-corrected chi connectivity index (χ2v) is 8.44. The Bertz CT molecular complexity index is 1570. The van der Waals surface area contributed by atoms with Crippen LogP contribution < -0.4 is 4.90 Å². The molecule has 0 amide bonds. The fourth-order valence-electron chi connectivity index (χ4n) is 4.42. The number of hydrogen-bond donors (Lipinski definition) is 1. The molecule has 166 valence electrons. The molecule has 0 saturated heterocycles. The van der Waals surface area contributed by atoms with E-state index in [9.17, 15) is 4.39 Å². The number of aryl methyl sites for hydroxylation is 1. The second-order valence-electron chi connectivity index (χ2n) is 8.44. The van der Waals surface area contributed by atoms with E-state index in [0.29, 0.717) is 12.5 Å². The van der Waals surface area contributed by atoms with Gasteiger partial charge in [-0.3, -0.25) is 15.0 Å². The number of benzene rings is 2. The highest BCUT2D eigenvalue weighted by Gasteiger charge is 2.23. The standard InChI is InChI=1S/C27H21FN6/c1-16-9-10-29-12-21(16)18-5-8-24-20(11-18)26(31-15-34(24)2)27-32-23-14-30-13-22(25(23)33-27)17-3-6-19(28)7-4-17/h3-14H,15H2,1-2H3,(H,32,33). The van der Waals surface area contributed by atoms with Gasteiger partial charge in [0.1, 0.15) is 18.2 Å². The molecule has 6 rings (SSSR count). The molecule has 0 saturated carbocycles. The van der Waals surface area contributed by atoms with Gasteiger partial charge in [-0.25, -0.2) is 9.37 Å². The summed E-state index contributed by atoms with van der Waals surface area (Å²) in [5.41, 5.74) is 9.51. The first kappa shape index (κ1) is 20.2. The number of imidazole rings is 1. The molecule has 0 bridgehead atoms. The number of nitrogens with one attached hydrogen (secondary N) is 1. The molecule has 7 heteroatoms. The van der Waals surface area contributed by atoms with Gasteiger partial charge in [0.2, 0.25) is 0 Å². The third-order valence-electron chi connectivity index (χ3n) is 6.23. The normalized spacial score (nSPS) is 13.1. The van der Waals surface area contributed by atoms with Crippen molar-refractivity contribution in [2.24, 2.45) is 4.99 Å². The molecule has 1 aliphatic heterocycles. The first-order chi connectivity index (χ1) is 16.6. The summed E-state index contributed by atoms with van der Waals surface area (Å²) in [5.74, 6) is 0.407. The molecule has 0 aliphatic carbocycles. The maximum absolute atomic E-state index is 13.5. The van der Waals surface area contributed by atoms with Crippen molar-refractivity contribution in [1.29, 1.82) is 0 Å². The van der Waals surface area contributed by atoms with Crippen molar-refractivity contribution in [3.8, 4) is 22.3 Å². The summed E-state index contributed by atoms with van der Waals surface area (Å²) in [7, 11) is 2.03. The van der Waals surface area contributed by atoms with E-state index in [0.717, 1.165) is 55.8 Å². The average Bonchev–Trinajstić information content (AvgIpc) is 3.29. The number of aromatic nitrogens is 4. The van der Waals surface area contributed by atoms with Gasteiger partial charge in [0.15, 0.2) is 5.82 Å². The Morgan fingerprint density at radius 1 is 0.882 bits per heavy atom. The molecule has 0 spiro atoms. The molecule has 6 nitrogen and oxygen atoms in total. The molecule has 3 aromatic heterocycles. The van der Waals surface area contributed by atoms with Gasteiger partial charge in [0, 0.05) is 48.0 Å². The Hall–Kier alpha value is -4.39. The minimum absolute atomic E-state index is 0.274. The highest BCUT2D eigenvalue weighted by molar-refractivity contribution is 6.16. The van der Waals surface area contributed by atoms with E-state index in [1.807, 2.05) is 19.3 Å². The molecule has 0 radical (unpaired) electrons. The van der Waals surface area contributed by atoms with Crippen LogP contribution in [0.1, 0.15) is 17.0 Å². The number of aliphatic imine (C=N–C) groups is 1. The van der Waals surface area contributed by atoms with Crippen LogP contribution in [0.15, 0.2) is 78.3 Å².